The van der Waals surface area contributed by atoms with Crippen molar-refractivity contribution in [3.63, 3.8) is 0 Å². The first-order valence-electron chi connectivity index (χ1n) is 6.89. The van der Waals surface area contributed by atoms with Gasteiger partial charge in [-0.2, -0.15) is 5.10 Å². The lowest BCUT2D eigenvalue weighted by molar-refractivity contribution is 0.599. The molecule has 1 aromatic heterocycles. The summed E-state index contributed by atoms with van der Waals surface area (Å²) >= 11 is 0. The van der Waals surface area contributed by atoms with Gasteiger partial charge in [-0.05, 0) is 24.1 Å². The highest BCUT2D eigenvalue weighted by Gasteiger charge is 2.16. The number of hydrogen-bond donors (Lipinski definition) is 2. The summed E-state index contributed by atoms with van der Waals surface area (Å²) in [6.45, 7) is 3.00. The van der Waals surface area contributed by atoms with E-state index < -0.39 is 10.0 Å². The van der Waals surface area contributed by atoms with Gasteiger partial charge in [-0.1, -0.05) is 25.5 Å². The minimum Gasteiger partial charge on any atom is -0.329 e. The van der Waals surface area contributed by atoms with Gasteiger partial charge in [0.25, 0.3) is 10.0 Å². The van der Waals surface area contributed by atoms with Crippen molar-refractivity contribution in [2.75, 3.05) is 11.3 Å². The van der Waals surface area contributed by atoms with E-state index in [1.807, 2.05) is 12.1 Å². The highest BCUT2D eigenvalue weighted by atomic mass is 32.2. The molecule has 6 nitrogen and oxygen atoms in total. The largest absolute Gasteiger partial charge is 0.329 e. The first-order valence-corrected chi connectivity index (χ1v) is 8.37. The molecule has 0 saturated carbocycles. The van der Waals surface area contributed by atoms with E-state index in [-0.39, 0.29) is 4.90 Å². The number of sulfonamides is 1. The van der Waals surface area contributed by atoms with Gasteiger partial charge < -0.3 is 5.73 Å². The zero-order chi connectivity index (χ0) is 15.3. The van der Waals surface area contributed by atoms with Crippen molar-refractivity contribution in [3.05, 3.63) is 42.2 Å². The summed E-state index contributed by atoms with van der Waals surface area (Å²) in [7, 11) is -3.61. The van der Waals surface area contributed by atoms with Crippen molar-refractivity contribution in [2.45, 2.75) is 31.2 Å². The van der Waals surface area contributed by atoms with E-state index >= 15 is 0 Å². The third-order valence-electron chi connectivity index (χ3n) is 3.02. The summed E-state index contributed by atoms with van der Waals surface area (Å²) < 4.78 is 28.5. The molecular weight excluding hydrogens is 288 g/mol. The Morgan fingerprint density at radius 1 is 1.29 bits per heavy atom. The number of nitrogens with two attached hydrogens (primary N) is 1. The molecule has 0 aliphatic carbocycles. The van der Waals surface area contributed by atoms with Crippen LogP contribution in [0.15, 0.2) is 41.6 Å². The minimum absolute atomic E-state index is 0.133. The fourth-order valence-electron chi connectivity index (χ4n) is 1.98. The molecular formula is C14H20N4O2S. The average Bonchev–Trinajstić information content (AvgIpc) is 2.91. The van der Waals surface area contributed by atoms with Crippen molar-refractivity contribution in [2.24, 2.45) is 5.73 Å². The summed E-state index contributed by atoms with van der Waals surface area (Å²) in [5, 5.41) is 3.97. The van der Waals surface area contributed by atoms with Gasteiger partial charge in [0.1, 0.15) is 4.90 Å². The molecule has 3 N–H and O–H groups in total. The van der Waals surface area contributed by atoms with Crippen molar-refractivity contribution in [1.29, 1.82) is 0 Å². The summed E-state index contributed by atoms with van der Waals surface area (Å²) in [5.41, 5.74) is 7.15. The summed E-state index contributed by atoms with van der Waals surface area (Å²) in [6.07, 6.45) is 4.84. The van der Waals surface area contributed by atoms with Crippen LogP contribution in [-0.2, 0) is 23.0 Å². The van der Waals surface area contributed by atoms with E-state index in [1.54, 1.807) is 12.1 Å². The average molecular weight is 308 g/mol. The van der Waals surface area contributed by atoms with Crippen LogP contribution < -0.4 is 10.5 Å². The summed E-state index contributed by atoms with van der Waals surface area (Å²) in [5.74, 6) is 0. The molecule has 0 spiro atoms. The molecule has 0 radical (unpaired) electrons. The zero-order valence-corrected chi connectivity index (χ0v) is 12.8. The minimum atomic E-state index is -3.61. The van der Waals surface area contributed by atoms with Crippen LogP contribution in [0.5, 0.6) is 0 Å². The fraction of sp³-hybridized carbons (Fsp3) is 0.357. The molecule has 2 aromatic rings. The van der Waals surface area contributed by atoms with Crippen molar-refractivity contribution in [3.8, 4) is 0 Å². The van der Waals surface area contributed by atoms with Crippen LogP contribution in [0.3, 0.4) is 0 Å². The summed E-state index contributed by atoms with van der Waals surface area (Å²) in [4.78, 5) is 0.133. The number of anilines is 1. The van der Waals surface area contributed by atoms with Crippen LogP contribution in [0.4, 0.5) is 5.69 Å². The fourth-order valence-corrected chi connectivity index (χ4v) is 2.99. The molecule has 1 heterocycles. The van der Waals surface area contributed by atoms with E-state index in [9.17, 15) is 8.42 Å². The Morgan fingerprint density at radius 3 is 2.62 bits per heavy atom. The van der Waals surface area contributed by atoms with E-state index in [2.05, 4.69) is 16.7 Å². The molecule has 0 saturated heterocycles. The lowest BCUT2D eigenvalue weighted by Gasteiger charge is -2.07. The second-order valence-corrected chi connectivity index (χ2v) is 6.46. The number of benzene rings is 1. The van der Waals surface area contributed by atoms with Crippen molar-refractivity contribution < 1.29 is 8.42 Å². The number of aryl methyl sites for hydroxylation is 1. The topological polar surface area (TPSA) is 90.0 Å². The maximum absolute atomic E-state index is 12.2. The summed E-state index contributed by atoms with van der Waals surface area (Å²) in [6, 6.07) is 7.40. The number of nitrogens with one attached hydrogen (secondary N) is 1. The Hall–Kier alpha value is -1.86. The Morgan fingerprint density at radius 2 is 2.00 bits per heavy atom. The molecule has 7 heteroatoms. The molecule has 21 heavy (non-hydrogen) atoms. The molecule has 0 aliphatic heterocycles. The molecule has 114 valence electrons. The van der Waals surface area contributed by atoms with Gasteiger partial charge in [-0.3, -0.25) is 9.40 Å². The maximum Gasteiger partial charge on any atom is 0.265 e. The number of hydrogen-bond acceptors (Lipinski definition) is 4. The number of aromatic nitrogens is 2. The smallest absolute Gasteiger partial charge is 0.265 e. The van der Waals surface area contributed by atoms with Gasteiger partial charge in [0, 0.05) is 18.4 Å². The molecule has 0 unspecified atom stereocenters. The third-order valence-corrected chi connectivity index (χ3v) is 4.36. The second kappa shape index (κ2) is 6.73. The quantitative estimate of drug-likeness (QED) is 0.813. The van der Waals surface area contributed by atoms with Gasteiger partial charge in [0.15, 0.2) is 0 Å². The first kappa shape index (κ1) is 15.5. The monoisotopic (exact) mass is 308 g/mol. The molecule has 0 bridgehead atoms. The maximum atomic E-state index is 12.2. The Labute approximate surface area is 125 Å². The van der Waals surface area contributed by atoms with E-state index in [4.69, 9.17) is 5.73 Å². The highest BCUT2D eigenvalue weighted by Crippen LogP contribution is 2.16. The van der Waals surface area contributed by atoms with Crippen LogP contribution in [-0.4, -0.2) is 24.7 Å². The molecule has 0 amide bonds. The van der Waals surface area contributed by atoms with Crippen LogP contribution in [0.25, 0.3) is 0 Å². The van der Waals surface area contributed by atoms with Gasteiger partial charge in [0.05, 0.1) is 12.7 Å². The molecule has 0 aliphatic rings. The second-order valence-electron chi connectivity index (χ2n) is 4.78. The van der Waals surface area contributed by atoms with Crippen LogP contribution in [0, 0.1) is 0 Å². The Kier molecular flexibility index (Phi) is 4.98. The highest BCUT2D eigenvalue weighted by molar-refractivity contribution is 7.92. The molecule has 2 rings (SSSR count). The van der Waals surface area contributed by atoms with Gasteiger partial charge in [0.2, 0.25) is 0 Å². The predicted molar refractivity (Wildman–Crippen MR) is 82.5 cm³/mol. The van der Waals surface area contributed by atoms with Crippen LogP contribution in [0.1, 0.15) is 18.9 Å². The van der Waals surface area contributed by atoms with E-state index in [0.717, 1.165) is 12.8 Å². The van der Waals surface area contributed by atoms with E-state index in [0.29, 0.717) is 18.8 Å². The number of rotatable bonds is 7. The zero-order valence-electron chi connectivity index (χ0n) is 12.0. The molecule has 1 aromatic carbocycles. The SMILES string of the molecule is CCCc1ccc(NS(=O)(=O)c2cnn(CCN)c2)cc1. The Bertz CT molecular complexity index is 677. The lowest BCUT2D eigenvalue weighted by atomic mass is 10.1. The van der Waals surface area contributed by atoms with Crippen molar-refractivity contribution in [1.82, 2.24) is 9.78 Å². The molecule has 0 fully saturated rings. The normalized spacial score (nSPS) is 11.5. The van der Waals surface area contributed by atoms with Crippen LogP contribution in [0.2, 0.25) is 0 Å². The van der Waals surface area contributed by atoms with Gasteiger partial charge in [-0.25, -0.2) is 8.42 Å². The Balaban J connectivity index is 2.12. The van der Waals surface area contributed by atoms with E-state index in [1.165, 1.54) is 22.6 Å². The van der Waals surface area contributed by atoms with Gasteiger partial charge in [-0.15, -0.1) is 0 Å². The predicted octanol–water partition coefficient (Wildman–Crippen LogP) is 1.60. The molecule has 0 atom stereocenters. The van der Waals surface area contributed by atoms with Gasteiger partial charge >= 0.3 is 0 Å². The first-order chi connectivity index (χ1) is 10.0. The number of nitrogens with zero attached hydrogens (tertiary/aromatic N) is 2. The standard InChI is InChI=1S/C14H20N4O2S/c1-2-3-12-4-6-13(7-5-12)17-21(19,20)14-10-16-18(11-14)9-8-15/h4-7,10-11,17H,2-3,8-9,15H2,1H3. The van der Waals surface area contributed by atoms with Crippen LogP contribution >= 0.6 is 0 Å². The third kappa shape index (κ3) is 4.05. The van der Waals surface area contributed by atoms with Crippen molar-refractivity contribution >= 4 is 15.7 Å². The lowest BCUT2D eigenvalue weighted by Crippen LogP contribution is -2.13.